The Morgan fingerprint density at radius 3 is 2.52 bits per heavy atom. The average molecular weight is 307 g/mol. The Labute approximate surface area is 123 Å². The van der Waals surface area contributed by atoms with Crippen molar-refractivity contribution >= 4 is 5.91 Å². The lowest BCUT2D eigenvalue weighted by atomic mass is 9.91. The molecule has 2 fully saturated rings. The van der Waals surface area contributed by atoms with Gasteiger partial charge in [-0.15, -0.1) is 0 Å². The smallest absolute Gasteiger partial charge is 0.352 e. The van der Waals surface area contributed by atoms with Gasteiger partial charge >= 0.3 is 6.18 Å². The van der Waals surface area contributed by atoms with Crippen molar-refractivity contribution in [2.45, 2.75) is 44.4 Å². The molecule has 0 aromatic heterocycles. The Morgan fingerprint density at radius 1 is 1.29 bits per heavy atom. The van der Waals surface area contributed by atoms with Gasteiger partial charge < -0.3 is 15.5 Å². The van der Waals surface area contributed by atoms with E-state index in [1.165, 1.54) is 0 Å². The van der Waals surface area contributed by atoms with Gasteiger partial charge in [0.05, 0.1) is 12.0 Å². The first-order valence-corrected chi connectivity index (χ1v) is 7.56. The molecule has 0 aromatic rings. The summed E-state index contributed by atoms with van der Waals surface area (Å²) in [6.45, 7) is 3.79. The van der Waals surface area contributed by atoms with Gasteiger partial charge in [0.25, 0.3) is 0 Å². The minimum Gasteiger partial charge on any atom is -0.352 e. The van der Waals surface area contributed by atoms with E-state index >= 15 is 0 Å². The molecule has 0 saturated carbocycles. The quantitative estimate of drug-likeness (QED) is 0.810. The number of hydrogen-bond donors (Lipinski definition) is 2. The number of carbonyl (C=O) groups excluding carboxylic acids is 1. The molecule has 2 rings (SSSR count). The Morgan fingerprint density at radius 2 is 2.00 bits per heavy atom. The second kappa shape index (κ2) is 6.52. The number of piperidine rings is 2. The number of halogens is 3. The molecule has 2 heterocycles. The Kier molecular flexibility index (Phi) is 5.14. The average Bonchev–Trinajstić information content (AvgIpc) is 2.41. The van der Waals surface area contributed by atoms with Gasteiger partial charge in [0.1, 0.15) is 0 Å². The lowest BCUT2D eigenvalue weighted by Gasteiger charge is -2.37. The van der Waals surface area contributed by atoms with Crippen LogP contribution in [0.5, 0.6) is 0 Å². The maximum Gasteiger partial charge on any atom is 0.393 e. The van der Waals surface area contributed by atoms with E-state index in [-0.39, 0.29) is 31.3 Å². The van der Waals surface area contributed by atoms with E-state index in [0.717, 1.165) is 19.5 Å². The molecule has 2 aliphatic rings. The van der Waals surface area contributed by atoms with Crippen molar-refractivity contribution in [3.05, 3.63) is 0 Å². The van der Waals surface area contributed by atoms with Crippen molar-refractivity contribution in [3.8, 4) is 0 Å². The molecule has 122 valence electrons. The number of nitrogens with one attached hydrogen (secondary N) is 2. The molecule has 1 amide bonds. The number of nitrogens with zero attached hydrogens (tertiary/aromatic N) is 1. The number of likely N-dealkylation sites (tertiary alicyclic amines) is 1. The summed E-state index contributed by atoms with van der Waals surface area (Å²) in [5, 5.41) is 5.75. The molecule has 2 saturated heterocycles. The zero-order valence-corrected chi connectivity index (χ0v) is 12.5. The maximum atomic E-state index is 12.6. The van der Waals surface area contributed by atoms with Gasteiger partial charge in [-0.2, -0.15) is 13.2 Å². The van der Waals surface area contributed by atoms with Crippen LogP contribution in [0, 0.1) is 11.8 Å². The Bertz CT molecular complexity index is 367. The highest BCUT2D eigenvalue weighted by molar-refractivity contribution is 5.82. The van der Waals surface area contributed by atoms with Crippen LogP contribution in [0.3, 0.4) is 0 Å². The summed E-state index contributed by atoms with van der Waals surface area (Å²) in [6.07, 6.45) is -3.01. The SMILES string of the molecule is CC1CN(C)CCC1NC(=O)C1CCC(C(F)(F)F)CN1. The van der Waals surface area contributed by atoms with Crippen molar-refractivity contribution in [1.29, 1.82) is 0 Å². The largest absolute Gasteiger partial charge is 0.393 e. The third-order valence-electron chi connectivity index (χ3n) is 4.63. The van der Waals surface area contributed by atoms with Crippen LogP contribution in [0.4, 0.5) is 13.2 Å². The molecule has 0 spiro atoms. The molecule has 21 heavy (non-hydrogen) atoms. The van der Waals surface area contributed by atoms with Crippen molar-refractivity contribution in [2.24, 2.45) is 11.8 Å². The van der Waals surface area contributed by atoms with Crippen LogP contribution in [-0.2, 0) is 4.79 Å². The zero-order chi connectivity index (χ0) is 15.6. The van der Waals surface area contributed by atoms with Gasteiger partial charge in [-0.3, -0.25) is 4.79 Å². The third-order valence-corrected chi connectivity index (χ3v) is 4.63. The molecular weight excluding hydrogens is 283 g/mol. The molecular formula is C14H24F3N3O. The number of rotatable bonds is 2. The summed E-state index contributed by atoms with van der Waals surface area (Å²) < 4.78 is 37.8. The highest BCUT2D eigenvalue weighted by atomic mass is 19.4. The molecule has 4 nitrogen and oxygen atoms in total. The topological polar surface area (TPSA) is 44.4 Å². The van der Waals surface area contributed by atoms with Crippen molar-refractivity contribution in [2.75, 3.05) is 26.7 Å². The predicted octanol–water partition coefficient (Wildman–Crippen LogP) is 1.37. The first kappa shape index (κ1) is 16.5. The molecule has 0 bridgehead atoms. The predicted molar refractivity (Wildman–Crippen MR) is 73.8 cm³/mol. The lowest BCUT2D eigenvalue weighted by Crippen LogP contribution is -2.56. The molecule has 0 aromatic carbocycles. The molecule has 7 heteroatoms. The minimum absolute atomic E-state index is 0.0253. The maximum absolute atomic E-state index is 12.6. The fourth-order valence-electron chi connectivity index (χ4n) is 3.21. The first-order chi connectivity index (χ1) is 9.77. The summed E-state index contributed by atoms with van der Waals surface area (Å²) >= 11 is 0. The molecule has 4 unspecified atom stereocenters. The van der Waals surface area contributed by atoms with Crippen molar-refractivity contribution < 1.29 is 18.0 Å². The highest BCUT2D eigenvalue weighted by Gasteiger charge is 2.42. The van der Waals surface area contributed by atoms with E-state index in [1.807, 2.05) is 0 Å². The summed E-state index contributed by atoms with van der Waals surface area (Å²) in [4.78, 5) is 14.4. The van der Waals surface area contributed by atoms with Crippen LogP contribution in [0.15, 0.2) is 0 Å². The van der Waals surface area contributed by atoms with Gasteiger partial charge in [-0.1, -0.05) is 6.92 Å². The summed E-state index contributed by atoms with van der Waals surface area (Å²) in [6, 6.07) is -0.369. The third kappa shape index (κ3) is 4.32. The molecule has 2 aliphatic heterocycles. The monoisotopic (exact) mass is 307 g/mol. The van der Waals surface area contributed by atoms with Crippen LogP contribution >= 0.6 is 0 Å². The second-order valence-electron chi connectivity index (χ2n) is 6.42. The Balaban J connectivity index is 1.80. The molecule has 0 radical (unpaired) electrons. The van der Waals surface area contributed by atoms with Gasteiger partial charge in [-0.05, 0) is 38.8 Å². The van der Waals surface area contributed by atoms with Crippen molar-refractivity contribution in [3.63, 3.8) is 0 Å². The summed E-state index contributed by atoms with van der Waals surface area (Å²) in [5.41, 5.74) is 0. The fourth-order valence-corrected chi connectivity index (χ4v) is 3.21. The van der Waals surface area contributed by atoms with Gasteiger partial charge in [-0.25, -0.2) is 0 Å². The van der Waals surface area contributed by atoms with E-state index in [2.05, 4.69) is 29.5 Å². The second-order valence-corrected chi connectivity index (χ2v) is 6.42. The van der Waals surface area contributed by atoms with Crippen LogP contribution in [0.1, 0.15) is 26.2 Å². The van der Waals surface area contributed by atoms with Crippen LogP contribution in [0.2, 0.25) is 0 Å². The lowest BCUT2D eigenvalue weighted by molar-refractivity contribution is -0.180. The first-order valence-electron chi connectivity index (χ1n) is 7.56. The van der Waals surface area contributed by atoms with Gasteiger partial charge in [0.15, 0.2) is 0 Å². The molecule has 2 N–H and O–H groups in total. The number of carbonyl (C=O) groups is 1. The van der Waals surface area contributed by atoms with E-state index in [9.17, 15) is 18.0 Å². The van der Waals surface area contributed by atoms with Gasteiger partial charge in [0, 0.05) is 19.1 Å². The summed E-state index contributed by atoms with van der Waals surface area (Å²) in [7, 11) is 2.05. The molecule has 0 aliphatic carbocycles. The number of alkyl halides is 3. The minimum atomic E-state index is -4.17. The van der Waals surface area contributed by atoms with Crippen LogP contribution < -0.4 is 10.6 Å². The van der Waals surface area contributed by atoms with Crippen LogP contribution in [0.25, 0.3) is 0 Å². The van der Waals surface area contributed by atoms with E-state index in [0.29, 0.717) is 5.92 Å². The Hall–Kier alpha value is -0.820. The van der Waals surface area contributed by atoms with Gasteiger partial charge in [0.2, 0.25) is 5.91 Å². The van der Waals surface area contributed by atoms with E-state index < -0.39 is 18.1 Å². The van der Waals surface area contributed by atoms with Crippen LogP contribution in [-0.4, -0.2) is 55.7 Å². The standard InChI is InChI=1S/C14H24F3N3O/c1-9-8-20(2)6-5-11(9)19-13(21)12-4-3-10(7-18-12)14(15,16)17/h9-12,18H,3-8H2,1-2H3,(H,19,21). The fraction of sp³-hybridized carbons (Fsp3) is 0.929. The highest BCUT2D eigenvalue weighted by Crippen LogP contribution is 2.32. The van der Waals surface area contributed by atoms with E-state index in [4.69, 9.17) is 0 Å². The summed E-state index contributed by atoms with van der Waals surface area (Å²) in [5.74, 6) is -1.12. The number of amides is 1. The molecule has 4 atom stereocenters. The zero-order valence-electron chi connectivity index (χ0n) is 12.5. The number of hydrogen-bond acceptors (Lipinski definition) is 3. The van der Waals surface area contributed by atoms with Crippen molar-refractivity contribution in [1.82, 2.24) is 15.5 Å². The van der Waals surface area contributed by atoms with E-state index in [1.54, 1.807) is 0 Å². The normalized spacial score (nSPS) is 35.5.